The Morgan fingerprint density at radius 1 is 0.889 bits per heavy atom. The van der Waals surface area contributed by atoms with Gasteiger partial charge in [0, 0.05) is 38.6 Å². The highest BCUT2D eigenvalue weighted by Crippen LogP contribution is 2.27. The zero-order valence-electron chi connectivity index (χ0n) is 15.8. The summed E-state index contributed by atoms with van der Waals surface area (Å²) in [6.45, 7) is 6.41. The van der Waals surface area contributed by atoms with Crippen molar-refractivity contribution in [1.29, 1.82) is 0 Å². The van der Waals surface area contributed by atoms with Crippen molar-refractivity contribution in [3.8, 4) is 0 Å². The molecule has 0 saturated carbocycles. The molecule has 27 heavy (non-hydrogen) atoms. The lowest BCUT2D eigenvalue weighted by atomic mass is 9.88. The van der Waals surface area contributed by atoms with Crippen LogP contribution in [0.4, 0.5) is 0 Å². The molecule has 144 valence electrons. The molecule has 2 aromatic rings. The van der Waals surface area contributed by atoms with Crippen LogP contribution >= 0.6 is 12.2 Å². The molecule has 0 bridgehead atoms. The lowest BCUT2D eigenvalue weighted by molar-refractivity contribution is 0.0389. The second-order valence-electron chi connectivity index (χ2n) is 6.80. The van der Waals surface area contributed by atoms with Crippen LogP contribution in [0.25, 0.3) is 0 Å². The van der Waals surface area contributed by atoms with E-state index in [2.05, 4.69) is 76.2 Å². The van der Waals surface area contributed by atoms with E-state index >= 15 is 0 Å². The highest BCUT2D eigenvalue weighted by Gasteiger charge is 2.14. The molecule has 1 aliphatic heterocycles. The highest BCUT2D eigenvalue weighted by molar-refractivity contribution is 7.80. The van der Waals surface area contributed by atoms with Gasteiger partial charge in [-0.15, -0.1) is 0 Å². The average molecular weight is 384 g/mol. The fourth-order valence-electron chi connectivity index (χ4n) is 3.44. The molecule has 2 aromatic carbocycles. The maximum atomic E-state index is 5.44. The summed E-state index contributed by atoms with van der Waals surface area (Å²) in [5.41, 5.74) is 2.69. The first-order valence-electron chi connectivity index (χ1n) is 9.74. The summed E-state index contributed by atoms with van der Waals surface area (Å²) in [4.78, 5) is 2.40. The summed E-state index contributed by atoms with van der Waals surface area (Å²) in [6.07, 6.45) is 0.999. The number of ether oxygens (including phenoxy) is 1. The number of hydrogen-bond donors (Lipinski definition) is 2. The SMILES string of the molecule is S=C(NCCC(c1ccccc1)c1ccccc1)NCCN1CCOCC1. The van der Waals surface area contributed by atoms with Gasteiger partial charge in [0.2, 0.25) is 0 Å². The number of nitrogens with zero attached hydrogens (tertiary/aromatic N) is 1. The van der Waals surface area contributed by atoms with Gasteiger partial charge in [-0.2, -0.15) is 0 Å². The first-order valence-corrected chi connectivity index (χ1v) is 10.2. The van der Waals surface area contributed by atoms with Crippen molar-refractivity contribution >= 4 is 17.3 Å². The first-order chi connectivity index (χ1) is 13.3. The molecule has 0 aliphatic carbocycles. The van der Waals surface area contributed by atoms with E-state index < -0.39 is 0 Å². The minimum absolute atomic E-state index is 0.371. The summed E-state index contributed by atoms with van der Waals surface area (Å²) < 4.78 is 5.38. The fourth-order valence-corrected chi connectivity index (χ4v) is 3.65. The first kappa shape index (κ1) is 19.8. The largest absolute Gasteiger partial charge is 0.379 e. The number of morpholine rings is 1. The third-order valence-electron chi connectivity index (χ3n) is 4.94. The van der Waals surface area contributed by atoms with E-state index in [0.717, 1.165) is 57.5 Å². The molecule has 5 heteroatoms. The molecule has 1 saturated heterocycles. The van der Waals surface area contributed by atoms with E-state index in [4.69, 9.17) is 17.0 Å². The molecule has 3 rings (SSSR count). The molecule has 0 atom stereocenters. The van der Waals surface area contributed by atoms with Gasteiger partial charge in [-0.1, -0.05) is 60.7 Å². The van der Waals surface area contributed by atoms with E-state index in [1.807, 2.05) is 0 Å². The Hall–Kier alpha value is -1.95. The molecule has 0 aromatic heterocycles. The van der Waals surface area contributed by atoms with Crippen molar-refractivity contribution < 1.29 is 4.74 Å². The highest BCUT2D eigenvalue weighted by atomic mass is 32.1. The Morgan fingerprint density at radius 3 is 2.04 bits per heavy atom. The normalized spacial score (nSPS) is 14.9. The summed E-state index contributed by atoms with van der Waals surface area (Å²) in [6, 6.07) is 21.4. The van der Waals surface area contributed by atoms with Crippen molar-refractivity contribution in [3.63, 3.8) is 0 Å². The van der Waals surface area contributed by atoms with Gasteiger partial charge >= 0.3 is 0 Å². The monoisotopic (exact) mass is 383 g/mol. The van der Waals surface area contributed by atoms with E-state index in [-0.39, 0.29) is 0 Å². The van der Waals surface area contributed by atoms with Gasteiger partial charge in [-0.3, -0.25) is 4.90 Å². The van der Waals surface area contributed by atoms with Crippen LogP contribution in [0.2, 0.25) is 0 Å². The van der Waals surface area contributed by atoms with Gasteiger partial charge in [0.25, 0.3) is 0 Å². The Morgan fingerprint density at radius 2 is 1.44 bits per heavy atom. The van der Waals surface area contributed by atoms with E-state index in [1.165, 1.54) is 11.1 Å². The molecule has 2 N–H and O–H groups in total. The number of rotatable bonds is 8. The molecule has 0 spiro atoms. The third kappa shape index (κ3) is 6.61. The second-order valence-corrected chi connectivity index (χ2v) is 7.21. The molecule has 1 fully saturated rings. The summed E-state index contributed by atoms with van der Waals surface area (Å²) in [5.74, 6) is 0.371. The lowest BCUT2D eigenvalue weighted by Crippen LogP contribution is -2.43. The molecule has 0 unspecified atom stereocenters. The predicted octanol–water partition coefficient (Wildman–Crippen LogP) is 3.00. The van der Waals surface area contributed by atoms with E-state index in [9.17, 15) is 0 Å². The maximum absolute atomic E-state index is 5.44. The van der Waals surface area contributed by atoms with Gasteiger partial charge < -0.3 is 15.4 Å². The van der Waals surface area contributed by atoms with Crippen molar-refractivity contribution in [2.45, 2.75) is 12.3 Å². The Balaban J connectivity index is 1.44. The Kier molecular flexibility index (Phi) is 8.08. The minimum atomic E-state index is 0.371. The molecule has 0 amide bonds. The fraction of sp³-hybridized carbons (Fsp3) is 0.409. The van der Waals surface area contributed by atoms with Gasteiger partial charge in [0.05, 0.1) is 13.2 Å². The van der Waals surface area contributed by atoms with Crippen molar-refractivity contribution in [1.82, 2.24) is 15.5 Å². The van der Waals surface area contributed by atoms with Crippen molar-refractivity contribution in [3.05, 3.63) is 71.8 Å². The molecule has 1 heterocycles. The van der Waals surface area contributed by atoms with Crippen LogP contribution in [0.5, 0.6) is 0 Å². The third-order valence-corrected chi connectivity index (χ3v) is 5.23. The minimum Gasteiger partial charge on any atom is -0.379 e. The number of hydrogen-bond acceptors (Lipinski definition) is 3. The topological polar surface area (TPSA) is 36.5 Å². The van der Waals surface area contributed by atoms with Crippen LogP contribution < -0.4 is 10.6 Å². The van der Waals surface area contributed by atoms with Crippen LogP contribution in [0.1, 0.15) is 23.5 Å². The number of nitrogens with one attached hydrogen (secondary N) is 2. The van der Waals surface area contributed by atoms with Crippen LogP contribution in [0.3, 0.4) is 0 Å². The van der Waals surface area contributed by atoms with Crippen LogP contribution in [-0.2, 0) is 4.74 Å². The number of thiocarbonyl (C=S) groups is 1. The van der Waals surface area contributed by atoms with Crippen LogP contribution in [-0.4, -0.2) is 55.9 Å². The van der Waals surface area contributed by atoms with Crippen molar-refractivity contribution in [2.75, 3.05) is 45.9 Å². The zero-order valence-corrected chi connectivity index (χ0v) is 16.6. The second kappa shape index (κ2) is 11.0. The van der Waals surface area contributed by atoms with E-state index in [1.54, 1.807) is 0 Å². The summed E-state index contributed by atoms with van der Waals surface area (Å²) in [7, 11) is 0. The van der Waals surface area contributed by atoms with Gasteiger partial charge in [0.15, 0.2) is 5.11 Å². The number of benzene rings is 2. The Labute approximate surface area is 167 Å². The predicted molar refractivity (Wildman–Crippen MR) is 115 cm³/mol. The molecule has 4 nitrogen and oxygen atoms in total. The van der Waals surface area contributed by atoms with Crippen LogP contribution in [0, 0.1) is 0 Å². The quantitative estimate of drug-likeness (QED) is 0.686. The van der Waals surface area contributed by atoms with Crippen LogP contribution in [0.15, 0.2) is 60.7 Å². The average Bonchev–Trinajstić information content (AvgIpc) is 2.73. The van der Waals surface area contributed by atoms with Gasteiger partial charge in [0.1, 0.15) is 0 Å². The van der Waals surface area contributed by atoms with E-state index in [0.29, 0.717) is 5.92 Å². The maximum Gasteiger partial charge on any atom is 0.166 e. The standard InChI is InChI=1S/C22H29N3OS/c27-22(24-13-14-25-15-17-26-18-16-25)23-12-11-21(19-7-3-1-4-8-19)20-9-5-2-6-10-20/h1-10,21H,11-18H2,(H2,23,24,27). The van der Waals surface area contributed by atoms with Gasteiger partial charge in [-0.05, 0) is 29.8 Å². The Bertz CT molecular complexity index is 635. The molecular weight excluding hydrogens is 354 g/mol. The summed E-state index contributed by atoms with van der Waals surface area (Å²) >= 11 is 5.44. The molecule has 1 aliphatic rings. The smallest absolute Gasteiger partial charge is 0.166 e. The van der Waals surface area contributed by atoms with Crippen molar-refractivity contribution in [2.24, 2.45) is 0 Å². The lowest BCUT2D eigenvalue weighted by Gasteiger charge is -2.26. The zero-order chi connectivity index (χ0) is 18.7. The summed E-state index contributed by atoms with van der Waals surface area (Å²) in [5, 5.41) is 7.43. The molecule has 0 radical (unpaired) electrons. The van der Waals surface area contributed by atoms with Gasteiger partial charge in [-0.25, -0.2) is 0 Å². The molecular formula is C22H29N3OS.